The zero-order chi connectivity index (χ0) is 25.3. The van der Waals surface area contributed by atoms with Crippen LogP contribution in [0.4, 0.5) is 0 Å². The van der Waals surface area contributed by atoms with Crippen molar-refractivity contribution in [2.24, 2.45) is 0 Å². The van der Waals surface area contributed by atoms with Gasteiger partial charge in [0.25, 0.3) is 0 Å². The van der Waals surface area contributed by atoms with Crippen LogP contribution in [0.15, 0.2) is 30.6 Å². The molecule has 1 fully saturated rings. The largest absolute Gasteiger partial charge is 0.504 e. The fourth-order valence-electron chi connectivity index (χ4n) is 4.24. The van der Waals surface area contributed by atoms with Gasteiger partial charge in [-0.05, 0) is 19.1 Å². The van der Waals surface area contributed by atoms with Gasteiger partial charge < -0.3 is 48.6 Å². The molecule has 0 amide bonds. The van der Waals surface area contributed by atoms with E-state index >= 15 is 0 Å². The molecule has 184 valence electrons. The summed E-state index contributed by atoms with van der Waals surface area (Å²) in [5.74, 6) is -3.43. The van der Waals surface area contributed by atoms with E-state index in [-0.39, 0.29) is 21.5 Å². The molecule has 0 radical (unpaired) electrons. The van der Waals surface area contributed by atoms with Gasteiger partial charge in [-0.1, -0.05) is 0 Å². The highest BCUT2D eigenvalue weighted by Crippen LogP contribution is 2.45. The van der Waals surface area contributed by atoms with Crippen LogP contribution in [0, 0.1) is 0 Å². The lowest BCUT2D eigenvalue weighted by Crippen LogP contribution is -2.59. The van der Waals surface area contributed by atoms with Crippen LogP contribution in [0.25, 0.3) is 32.7 Å². The quantitative estimate of drug-likeness (QED) is 0.114. The summed E-state index contributed by atoms with van der Waals surface area (Å²) in [5.41, 5.74) is -3.03. The molecule has 5 atom stereocenters. The number of hydrogen-bond acceptors (Lipinski definition) is 13. The minimum absolute atomic E-state index is 0.0785. The average molecular weight is 490 g/mol. The van der Waals surface area contributed by atoms with Gasteiger partial charge in [-0.3, -0.25) is 4.79 Å². The number of aromatic hydroxyl groups is 3. The molecular weight excluding hydrogens is 472 g/mol. The standard InChI is InChI=1S/C22H18O13/c1-5-17(32-6(2)23)15(27)16(28)22(31-5)33-10-4-8-12-11-7(20(29)35-19(12)14(10)26)3-9(24)13(25)18(11)34-21(8)30/h3-5,15-17,22,24-28H,1-2H3/t5-,15-,16-,17+,22+/m1/s1. The molecule has 5 rings (SSSR count). The first kappa shape index (κ1) is 22.7. The number of carbonyl (C=O) groups excluding carboxylic acids is 1. The van der Waals surface area contributed by atoms with Crippen LogP contribution in [-0.2, 0) is 14.3 Å². The Morgan fingerprint density at radius 2 is 1.49 bits per heavy atom. The van der Waals surface area contributed by atoms with E-state index in [4.69, 9.17) is 23.0 Å². The first-order chi connectivity index (χ1) is 16.5. The molecule has 5 N–H and O–H groups in total. The Bertz CT molecular complexity index is 1600. The van der Waals surface area contributed by atoms with Crippen LogP contribution in [0.2, 0.25) is 0 Å². The van der Waals surface area contributed by atoms with E-state index in [0.717, 1.165) is 19.1 Å². The number of hydrogen-bond donors (Lipinski definition) is 5. The summed E-state index contributed by atoms with van der Waals surface area (Å²) in [4.78, 5) is 36.5. The Kier molecular flexibility index (Phi) is 5.01. The maximum atomic E-state index is 12.7. The van der Waals surface area contributed by atoms with Crippen molar-refractivity contribution in [1.29, 1.82) is 0 Å². The molecule has 0 aliphatic carbocycles. The molecule has 13 heteroatoms. The highest BCUT2D eigenvalue weighted by molar-refractivity contribution is 6.22. The summed E-state index contributed by atoms with van der Waals surface area (Å²) in [6.07, 6.45) is -7.09. The van der Waals surface area contributed by atoms with Crippen LogP contribution in [0.1, 0.15) is 13.8 Å². The van der Waals surface area contributed by atoms with E-state index in [1.54, 1.807) is 0 Å². The van der Waals surface area contributed by atoms with Crippen LogP contribution in [0.3, 0.4) is 0 Å². The van der Waals surface area contributed by atoms with Crippen molar-refractivity contribution in [3.63, 3.8) is 0 Å². The third-order valence-corrected chi connectivity index (χ3v) is 5.86. The second-order valence-electron chi connectivity index (χ2n) is 8.13. The Balaban J connectivity index is 1.66. The normalized spacial score (nSPS) is 24.9. The van der Waals surface area contributed by atoms with Gasteiger partial charge in [0.2, 0.25) is 17.8 Å². The highest BCUT2D eigenvalue weighted by Gasteiger charge is 2.46. The van der Waals surface area contributed by atoms with Crippen LogP contribution < -0.4 is 16.0 Å². The fraction of sp³-hybridized carbons (Fsp3) is 0.318. The Morgan fingerprint density at radius 1 is 0.914 bits per heavy atom. The van der Waals surface area contributed by atoms with E-state index < -0.39 is 82.1 Å². The molecule has 0 spiro atoms. The molecule has 1 aliphatic heterocycles. The number of aliphatic hydroxyl groups excluding tert-OH is 2. The van der Waals surface area contributed by atoms with Crippen molar-refractivity contribution in [2.45, 2.75) is 44.6 Å². The molecule has 4 aromatic rings. The predicted octanol–water partition coefficient (Wildman–Crippen LogP) is 0.384. The minimum Gasteiger partial charge on any atom is -0.504 e. The van der Waals surface area contributed by atoms with Crippen molar-refractivity contribution in [2.75, 3.05) is 0 Å². The second kappa shape index (κ2) is 7.73. The zero-order valence-corrected chi connectivity index (χ0v) is 18.0. The molecule has 2 aromatic carbocycles. The van der Waals surface area contributed by atoms with E-state index in [9.17, 15) is 39.9 Å². The summed E-state index contributed by atoms with van der Waals surface area (Å²) in [7, 11) is 0. The lowest BCUT2D eigenvalue weighted by Gasteiger charge is -2.40. The highest BCUT2D eigenvalue weighted by atomic mass is 16.7. The summed E-state index contributed by atoms with van der Waals surface area (Å²) in [6.45, 7) is 2.57. The number of carbonyl (C=O) groups is 1. The van der Waals surface area contributed by atoms with E-state index in [1.807, 2.05) is 0 Å². The molecular formula is C22H18O13. The first-order valence-electron chi connectivity index (χ1n) is 10.3. The lowest BCUT2D eigenvalue weighted by molar-refractivity contribution is -0.272. The Morgan fingerprint density at radius 3 is 2.09 bits per heavy atom. The van der Waals surface area contributed by atoms with Crippen LogP contribution in [0.5, 0.6) is 23.0 Å². The monoisotopic (exact) mass is 490 g/mol. The zero-order valence-electron chi connectivity index (χ0n) is 18.0. The van der Waals surface area contributed by atoms with Gasteiger partial charge in [-0.25, -0.2) is 9.59 Å². The molecule has 1 aliphatic rings. The van der Waals surface area contributed by atoms with E-state index in [1.165, 1.54) is 6.92 Å². The molecule has 3 heterocycles. The maximum absolute atomic E-state index is 12.7. The number of rotatable bonds is 3. The van der Waals surface area contributed by atoms with Crippen molar-refractivity contribution in [3.8, 4) is 23.0 Å². The lowest BCUT2D eigenvalue weighted by atomic mass is 9.99. The van der Waals surface area contributed by atoms with E-state index in [0.29, 0.717) is 0 Å². The molecule has 0 unspecified atom stereocenters. The van der Waals surface area contributed by atoms with E-state index in [2.05, 4.69) is 0 Å². The number of benzene rings is 2. The topological polar surface area (TPSA) is 206 Å². The average Bonchev–Trinajstić information content (AvgIpc) is 2.79. The fourth-order valence-corrected chi connectivity index (χ4v) is 4.24. The van der Waals surface area contributed by atoms with Crippen molar-refractivity contribution in [3.05, 3.63) is 33.0 Å². The summed E-state index contributed by atoms with van der Waals surface area (Å²) in [6, 6.07) is 1.97. The Hall–Kier alpha value is -4.07. The Labute approximate surface area is 193 Å². The SMILES string of the molecule is CC(=O)O[C@@H]1[C@H](O)[C@@H](O)[C@H](Oc2cc3c(=O)oc4c(O)c(O)cc5c(=O)oc(c2O)c3c45)O[C@@H]1C. The van der Waals surface area contributed by atoms with Crippen LogP contribution in [-0.4, -0.2) is 62.2 Å². The summed E-state index contributed by atoms with van der Waals surface area (Å²) in [5, 5.41) is 51.0. The van der Waals surface area contributed by atoms with Crippen LogP contribution >= 0.6 is 0 Å². The third kappa shape index (κ3) is 3.31. The van der Waals surface area contributed by atoms with Gasteiger partial charge >= 0.3 is 17.2 Å². The molecule has 0 bridgehead atoms. The minimum atomic E-state index is -1.75. The molecule has 35 heavy (non-hydrogen) atoms. The molecule has 2 aromatic heterocycles. The number of esters is 1. The maximum Gasteiger partial charge on any atom is 0.344 e. The molecule has 0 saturated carbocycles. The van der Waals surface area contributed by atoms with Gasteiger partial charge in [-0.15, -0.1) is 0 Å². The summed E-state index contributed by atoms with van der Waals surface area (Å²) >= 11 is 0. The van der Waals surface area contributed by atoms with Gasteiger partial charge in [0.15, 0.2) is 28.8 Å². The number of aliphatic hydroxyl groups is 2. The van der Waals surface area contributed by atoms with Crippen molar-refractivity contribution >= 4 is 38.7 Å². The van der Waals surface area contributed by atoms with Gasteiger partial charge in [0.1, 0.15) is 12.2 Å². The predicted molar refractivity (Wildman–Crippen MR) is 115 cm³/mol. The molecule has 13 nitrogen and oxygen atoms in total. The third-order valence-electron chi connectivity index (χ3n) is 5.86. The van der Waals surface area contributed by atoms with Crippen molar-refractivity contribution < 1.29 is 53.4 Å². The van der Waals surface area contributed by atoms with Gasteiger partial charge in [-0.2, -0.15) is 0 Å². The first-order valence-corrected chi connectivity index (χ1v) is 10.3. The second-order valence-corrected chi connectivity index (χ2v) is 8.13. The number of phenolic OH excluding ortho intramolecular Hbond substituents is 3. The van der Waals surface area contributed by atoms with Crippen molar-refractivity contribution in [1.82, 2.24) is 0 Å². The summed E-state index contributed by atoms with van der Waals surface area (Å²) < 4.78 is 26.3. The smallest absolute Gasteiger partial charge is 0.344 e. The number of ether oxygens (including phenoxy) is 3. The van der Waals surface area contributed by atoms with Gasteiger partial charge in [0.05, 0.1) is 16.9 Å². The van der Waals surface area contributed by atoms with Gasteiger partial charge in [0, 0.05) is 17.7 Å². The number of phenols is 3. The molecule has 1 saturated heterocycles.